The summed E-state index contributed by atoms with van der Waals surface area (Å²) in [5.41, 5.74) is 0.540. The second-order valence-electron chi connectivity index (χ2n) is 6.61. The van der Waals surface area contributed by atoms with Crippen molar-refractivity contribution in [2.75, 3.05) is 11.4 Å². The highest BCUT2D eigenvalue weighted by molar-refractivity contribution is 6.04. The lowest BCUT2D eigenvalue weighted by atomic mass is 10.1. The van der Waals surface area contributed by atoms with Crippen LogP contribution in [0.1, 0.15) is 22.3 Å². The largest absolute Gasteiger partial charge is 0.573 e. The smallest absolute Gasteiger partial charge is 0.406 e. The summed E-state index contributed by atoms with van der Waals surface area (Å²) in [6.07, 6.45) is -4.60. The number of hydrogen-bond acceptors (Lipinski definition) is 5. The predicted octanol–water partition coefficient (Wildman–Crippen LogP) is 3.34. The minimum absolute atomic E-state index is 0.129. The average Bonchev–Trinajstić information content (AvgIpc) is 3.00. The van der Waals surface area contributed by atoms with E-state index in [1.54, 1.807) is 0 Å². The number of rotatable bonds is 5. The summed E-state index contributed by atoms with van der Waals surface area (Å²) < 4.78 is 41.1. The molecule has 0 bridgehead atoms. The number of halogens is 3. The number of aryl methyl sites for hydroxylation is 1. The highest BCUT2D eigenvalue weighted by Crippen LogP contribution is 2.29. The third-order valence-corrected chi connectivity index (χ3v) is 4.53. The van der Waals surface area contributed by atoms with Crippen LogP contribution in [-0.4, -0.2) is 35.7 Å². The SMILES string of the molecule is Cc1cc(C(=O)NC2CCN(c3cccc(OC(F)(F)F)c3)C2=O)ccc1[N+](=O)[O-]. The van der Waals surface area contributed by atoms with E-state index in [0.29, 0.717) is 5.56 Å². The molecule has 0 aromatic heterocycles. The maximum absolute atomic E-state index is 12.6. The number of nitrogens with one attached hydrogen (secondary N) is 1. The number of nitro groups is 1. The van der Waals surface area contributed by atoms with E-state index < -0.39 is 34.9 Å². The van der Waals surface area contributed by atoms with Crippen LogP contribution in [0.5, 0.6) is 5.75 Å². The van der Waals surface area contributed by atoms with Gasteiger partial charge in [-0.05, 0) is 37.6 Å². The van der Waals surface area contributed by atoms with Gasteiger partial charge in [-0.25, -0.2) is 0 Å². The van der Waals surface area contributed by atoms with Crippen LogP contribution in [0.15, 0.2) is 42.5 Å². The predicted molar refractivity (Wildman–Crippen MR) is 99.2 cm³/mol. The van der Waals surface area contributed by atoms with Crippen molar-refractivity contribution in [3.8, 4) is 5.75 Å². The Kier molecular flexibility index (Phi) is 5.63. The van der Waals surface area contributed by atoms with E-state index in [2.05, 4.69) is 10.1 Å². The van der Waals surface area contributed by atoms with Crippen LogP contribution < -0.4 is 15.0 Å². The number of nitrogens with zero attached hydrogens (tertiary/aromatic N) is 2. The van der Waals surface area contributed by atoms with Gasteiger partial charge in [0.25, 0.3) is 11.6 Å². The molecule has 8 nitrogen and oxygen atoms in total. The van der Waals surface area contributed by atoms with Gasteiger partial charge in [-0.15, -0.1) is 13.2 Å². The van der Waals surface area contributed by atoms with E-state index in [1.807, 2.05) is 0 Å². The van der Waals surface area contributed by atoms with Crippen LogP contribution in [0.25, 0.3) is 0 Å². The van der Waals surface area contributed by atoms with Crippen LogP contribution in [0, 0.1) is 17.0 Å². The summed E-state index contributed by atoms with van der Waals surface area (Å²) in [6, 6.07) is 7.97. The highest BCUT2D eigenvalue weighted by atomic mass is 19.4. The Morgan fingerprint density at radius 1 is 1.27 bits per heavy atom. The number of nitro benzene ring substituents is 1. The van der Waals surface area contributed by atoms with E-state index in [4.69, 9.17) is 0 Å². The lowest BCUT2D eigenvalue weighted by Gasteiger charge is -2.18. The van der Waals surface area contributed by atoms with Gasteiger partial charge in [-0.1, -0.05) is 6.07 Å². The van der Waals surface area contributed by atoms with Crippen molar-refractivity contribution < 1.29 is 32.4 Å². The highest BCUT2D eigenvalue weighted by Gasteiger charge is 2.35. The van der Waals surface area contributed by atoms with Crippen LogP contribution in [0.4, 0.5) is 24.5 Å². The summed E-state index contributed by atoms with van der Waals surface area (Å²) in [5, 5.41) is 13.4. The maximum atomic E-state index is 12.6. The van der Waals surface area contributed by atoms with Crippen molar-refractivity contribution in [3.63, 3.8) is 0 Å². The molecule has 0 aliphatic carbocycles. The first-order valence-electron chi connectivity index (χ1n) is 8.78. The Balaban J connectivity index is 1.70. The lowest BCUT2D eigenvalue weighted by molar-refractivity contribution is -0.385. The Hall–Kier alpha value is -3.63. The zero-order valence-electron chi connectivity index (χ0n) is 15.6. The summed E-state index contributed by atoms with van der Waals surface area (Å²) in [7, 11) is 0. The van der Waals surface area contributed by atoms with E-state index in [0.717, 1.165) is 12.1 Å². The number of anilines is 1. The molecule has 2 amide bonds. The topological polar surface area (TPSA) is 102 Å². The zero-order valence-corrected chi connectivity index (χ0v) is 15.6. The quantitative estimate of drug-likeness (QED) is 0.587. The minimum atomic E-state index is -4.85. The number of benzene rings is 2. The fraction of sp³-hybridized carbons (Fsp3) is 0.263. The van der Waals surface area contributed by atoms with E-state index in [9.17, 15) is 32.9 Å². The van der Waals surface area contributed by atoms with Crippen LogP contribution in [-0.2, 0) is 4.79 Å². The van der Waals surface area contributed by atoms with Crippen LogP contribution in [0.3, 0.4) is 0 Å². The molecule has 0 saturated carbocycles. The third kappa shape index (κ3) is 4.67. The van der Waals surface area contributed by atoms with Gasteiger partial charge in [0, 0.05) is 35.5 Å². The molecule has 1 fully saturated rings. The zero-order chi connectivity index (χ0) is 22.1. The number of alkyl halides is 3. The summed E-state index contributed by atoms with van der Waals surface area (Å²) in [6.45, 7) is 1.69. The molecule has 1 aliphatic heterocycles. The van der Waals surface area contributed by atoms with Gasteiger partial charge >= 0.3 is 6.36 Å². The van der Waals surface area contributed by atoms with E-state index in [1.165, 1.54) is 42.2 Å². The third-order valence-electron chi connectivity index (χ3n) is 4.53. The lowest BCUT2D eigenvalue weighted by Crippen LogP contribution is -2.41. The monoisotopic (exact) mass is 423 g/mol. The average molecular weight is 423 g/mol. The first-order chi connectivity index (χ1) is 14.0. The van der Waals surface area contributed by atoms with Crippen LogP contribution >= 0.6 is 0 Å². The molecule has 3 rings (SSSR count). The summed E-state index contributed by atoms with van der Waals surface area (Å²) >= 11 is 0. The molecule has 0 spiro atoms. The maximum Gasteiger partial charge on any atom is 0.573 e. The fourth-order valence-electron chi connectivity index (χ4n) is 3.16. The van der Waals surface area contributed by atoms with Crippen molar-refractivity contribution in [1.82, 2.24) is 5.32 Å². The first kappa shape index (κ1) is 21.1. The molecular formula is C19H16F3N3O5. The normalized spacial score (nSPS) is 16.5. The van der Waals surface area contributed by atoms with E-state index >= 15 is 0 Å². The molecule has 2 aromatic rings. The summed E-state index contributed by atoms with van der Waals surface area (Å²) in [5.74, 6) is -1.52. The Morgan fingerprint density at radius 2 is 2.00 bits per heavy atom. The van der Waals surface area contributed by atoms with Gasteiger partial charge in [0.15, 0.2) is 0 Å². The molecule has 1 N–H and O–H groups in total. The molecule has 11 heteroatoms. The number of ether oxygens (including phenoxy) is 1. The second kappa shape index (κ2) is 8.01. The number of amides is 2. The molecule has 1 aliphatic rings. The number of hydrogen-bond donors (Lipinski definition) is 1. The van der Waals surface area contributed by atoms with Crippen molar-refractivity contribution in [2.45, 2.75) is 25.7 Å². The second-order valence-corrected chi connectivity index (χ2v) is 6.61. The molecular weight excluding hydrogens is 407 g/mol. The number of carbonyl (C=O) groups excluding carboxylic acids is 2. The molecule has 0 radical (unpaired) electrons. The molecule has 1 heterocycles. The van der Waals surface area contributed by atoms with Gasteiger partial charge < -0.3 is 15.0 Å². The summed E-state index contributed by atoms with van der Waals surface area (Å²) in [4.78, 5) is 36.7. The minimum Gasteiger partial charge on any atom is -0.406 e. The Bertz CT molecular complexity index is 1010. The number of carbonyl (C=O) groups is 2. The fourth-order valence-corrected chi connectivity index (χ4v) is 3.16. The molecule has 158 valence electrons. The Labute approximate surface area is 168 Å². The molecule has 2 aromatic carbocycles. The van der Waals surface area contributed by atoms with E-state index in [-0.39, 0.29) is 29.9 Å². The van der Waals surface area contributed by atoms with Crippen molar-refractivity contribution in [3.05, 3.63) is 63.7 Å². The molecule has 1 unspecified atom stereocenters. The van der Waals surface area contributed by atoms with Gasteiger partial charge in [-0.3, -0.25) is 19.7 Å². The standard InChI is InChI=1S/C19H16F3N3O5/c1-11-9-12(5-6-16(11)25(28)29)17(26)23-15-7-8-24(18(15)27)13-3-2-4-14(10-13)30-19(20,21)22/h2-6,9-10,15H,7-8H2,1H3,(H,23,26). The van der Waals surface area contributed by atoms with Crippen molar-refractivity contribution in [1.29, 1.82) is 0 Å². The van der Waals surface area contributed by atoms with Crippen molar-refractivity contribution in [2.24, 2.45) is 0 Å². The van der Waals surface area contributed by atoms with Gasteiger partial charge in [-0.2, -0.15) is 0 Å². The molecule has 1 atom stereocenters. The first-order valence-corrected chi connectivity index (χ1v) is 8.78. The van der Waals surface area contributed by atoms with Gasteiger partial charge in [0.2, 0.25) is 5.91 Å². The molecule has 1 saturated heterocycles. The van der Waals surface area contributed by atoms with Crippen LogP contribution in [0.2, 0.25) is 0 Å². The van der Waals surface area contributed by atoms with Crippen molar-refractivity contribution >= 4 is 23.2 Å². The molecule has 30 heavy (non-hydrogen) atoms. The van der Waals surface area contributed by atoms with Gasteiger partial charge in [0.05, 0.1) is 4.92 Å². The van der Waals surface area contributed by atoms with Gasteiger partial charge in [0.1, 0.15) is 11.8 Å². The Morgan fingerprint density at radius 3 is 2.63 bits per heavy atom.